The second-order valence-corrected chi connectivity index (χ2v) is 7.00. The molecule has 1 aromatic rings. The van der Waals surface area contributed by atoms with E-state index in [4.69, 9.17) is 0 Å². The summed E-state index contributed by atoms with van der Waals surface area (Å²) in [5, 5.41) is 5.30. The minimum absolute atomic E-state index is 0.282. The molecule has 0 aliphatic rings. The summed E-state index contributed by atoms with van der Waals surface area (Å²) in [6, 6.07) is 8.83. The Balaban J connectivity index is 2.35. The van der Waals surface area contributed by atoms with E-state index in [1.807, 2.05) is 30.3 Å². The molecular weight excluding hydrogens is 381 g/mol. The first-order chi connectivity index (χ1) is 12.7. The minimum atomic E-state index is -4.82. The quantitative estimate of drug-likeness (QED) is 0.556. The molecule has 9 heteroatoms. The van der Waals surface area contributed by atoms with E-state index in [2.05, 4.69) is 10.6 Å². The number of hydrogen-bond donors (Lipinski definition) is 2. The highest BCUT2D eigenvalue weighted by atomic mass is 32.2. The van der Waals surface area contributed by atoms with Crippen molar-refractivity contribution in [3.05, 3.63) is 35.9 Å². The topological polar surface area (TPSA) is 75.3 Å². The third-order valence-electron chi connectivity index (χ3n) is 3.58. The molecule has 27 heavy (non-hydrogen) atoms. The number of Topliss-reactive ketones (excluding diaryl/α,β-unsaturated/α-hetero) is 1. The summed E-state index contributed by atoms with van der Waals surface area (Å²) < 4.78 is 36.3. The van der Waals surface area contributed by atoms with Crippen molar-refractivity contribution in [2.45, 2.75) is 38.4 Å². The number of carbonyl (C=O) groups is 3. The molecule has 1 rings (SSSR count). The second kappa shape index (κ2) is 11.6. The van der Waals surface area contributed by atoms with Crippen molar-refractivity contribution < 1.29 is 27.6 Å². The van der Waals surface area contributed by atoms with Gasteiger partial charge in [-0.15, -0.1) is 0 Å². The van der Waals surface area contributed by atoms with Crippen LogP contribution in [0.15, 0.2) is 30.3 Å². The van der Waals surface area contributed by atoms with Gasteiger partial charge in [0.25, 0.3) is 0 Å². The molecule has 0 heterocycles. The molecule has 0 aromatic heterocycles. The summed E-state index contributed by atoms with van der Waals surface area (Å²) in [4.78, 5) is 34.3. The number of halogens is 3. The Labute approximate surface area is 160 Å². The maximum Gasteiger partial charge on any atom is 0.450 e. The molecule has 0 fully saturated rings. The van der Waals surface area contributed by atoms with E-state index in [1.165, 1.54) is 6.92 Å². The number of carbonyl (C=O) groups excluding carboxylic acids is 3. The fourth-order valence-corrected chi connectivity index (χ4v) is 3.11. The van der Waals surface area contributed by atoms with Crippen molar-refractivity contribution in [2.75, 3.05) is 18.1 Å². The van der Waals surface area contributed by atoms with Crippen LogP contribution in [0.2, 0.25) is 0 Å². The highest BCUT2D eigenvalue weighted by Crippen LogP contribution is 2.19. The van der Waals surface area contributed by atoms with Gasteiger partial charge in [0.1, 0.15) is 6.04 Å². The maximum absolute atomic E-state index is 12.2. The van der Waals surface area contributed by atoms with Crippen LogP contribution in [0.3, 0.4) is 0 Å². The molecule has 0 radical (unpaired) electrons. The maximum atomic E-state index is 12.2. The van der Waals surface area contributed by atoms with Gasteiger partial charge in [0.15, 0.2) is 0 Å². The van der Waals surface area contributed by atoms with Gasteiger partial charge in [0.2, 0.25) is 17.6 Å². The Kier molecular flexibility index (Phi) is 9.92. The molecule has 1 atom stereocenters. The molecule has 0 saturated heterocycles. The highest BCUT2D eigenvalue weighted by Gasteiger charge is 2.37. The number of alkyl halides is 3. The number of rotatable bonds is 11. The predicted molar refractivity (Wildman–Crippen MR) is 98.4 cm³/mol. The number of hydrogen-bond acceptors (Lipinski definition) is 4. The standard InChI is InChI=1S/C18H23F3N2O3S/c1-13(24)23-15(8-5-11-27-12-16(25)18(19,20)21)17(26)22-10-9-14-6-3-2-4-7-14/h2-4,6-7,15H,5,8-12H2,1H3,(H,22,26)(H,23,24)/t15-/m0/s1. The number of thioether (sulfide) groups is 1. The summed E-state index contributed by atoms with van der Waals surface area (Å²) >= 11 is 0.862. The smallest absolute Gasteiger partial charge is 0.354 e. The van der Waals surface area contributed by atoms with Gasteiger partial charge in [0.05, 0.1) is 5.75 Å². The molecule has 150 valence electrons. The van der Waals surface area contributed by atoms with E-state index in [-0.39, 0.29) is 24.0 Å². The molecule has 0 bridgehead atoms. The van der Waals surface area contributed by atoms with Gasteiger partial charge in [-0.3, -0.25) is 14.4 Å². The van der Waals surface area contributed by atoms with Crippen LogP contribution in [-0.4, -0.2) is 47.9 Å². The van der Waals surface area contributed by atoms with E-state index in [0.29, 0.717) is 19.4 Å². The zero-order valence-corrected chi connectivity index (χ0v) is 15.8. The van der Waals surface area contributed by atoms with Crippen molar-refractivity contribution in [1.29, 1.82) is 0 Å². The summed E-state index contributed by atoms with van der Waals surface area (Å²) in [6.07, 6.45) is -3.49. The highest BCUT2D eigenvalue weighted by molar-refractivity contribution is 7.99. The largest absolute Gasteiger partial charge is 0.450 e. The van der Waals surface area contributed by atoms with Gasteiger partial charge in [-0.05, 0) is 30.6 Å². The fraction of sp³-hybridized carbons (Fsp3) is 0.500. The van der Waals surface area contributed by atoms with Gasteiger partial charge < -0.3 is 10.6 Å². The van der Waals surface area contributed by atoms with Crippen LogP contribution in [0.5, 0.6) is 0 Å². The lowest BCUT2D eigenvalue weighted by Gasteiger charge is -2.17. The Bertz CT molecular complexity index is 624. The molecule has 0 unspecified atom stereocenters. The fourth-order valence-electron chi connectivity index (χ4n) is 2.25. The van der Waals surface area contributed by atoms with Crippen LogP contribution in [0, 0.1) is 0 Å². The lowest BCUT2D eigenvalue weighted by atomic mass is 10.1. The number of ketones is 1. The van der Waals surface area contributed by atoms with Gasteiger partial charge in [-0.1, -0.05) is 30.3 Å². The van der Waals surface area contributed by atoms with Crippen molar-refractivity contribution in [3.8, 4) is 0 Å². The van der Waals surface area contributed by atoms with E-state index >= 15 is 0 Å². The Hall–Kier alpha value is -2.03. The van der Waals surface area contributed by atoms with Crippen LogP contribution in [-0.2, 0) is 20.8 Å². The lowest BCUT2D eigenvalue weighted by molar-refractivity contribution is -0.167. The van der Waals surface area contributed by atoms with Crippen molar-refractivity contribution in [1.82, 2.24) is 10.6 Å². The van der Waals surface area contributed by atoms with Crippen LogP contribution < -0.4 is 10.6 Å². The Morgan fingerprint density at radius 3 is 2.41 bits per heavy atom. The van der Waals surface area contributed by atoms with E-state index in [0.717, 1.165) is 17.3 Å². The van der Waals surface area contributed by atoms with Crippen molar-refractivity contribution >= 4 is 29.4 Å². The zero-order chi connectivity index (χ0) is 20.3. The number of benzene rings is 1. The average molecular weight is 404 g/mol. The molecule has 2 N–H and O–H groups in total. The molecule has 1 aromatic carbocycles. The van der Waals surface area contributed by atoms with Crippen LogP contribution in [0.4, 0.5) is 13.2 Å². The molecule has 0 aliphatic carbocycles. The van der Waals surface area contributed by atoms with Gasteiger partial charge >= 0.3 is 6.18 Å². The third kappa shape index (κ3) is 10.0. The molecule has 0 saturated carbocycles. The summed E-state index contributed by atoms with van der Waals surface area (Å²) in [5.41, 5.74) is 1.07. The summed E-state index contributed by atoms with van der Waals surface area (Å²) in [6.45, 7) is 1.70. The van der Waals surface area contributed by atoms with E-state index < -0.39 is 23.8 Å². The first-order valence-electron chi connectivity index (χ1n) is 8.46. The molecule has 2 amide bonds. The lowest BCUT2D eigenvalue weighted by Crippen LogP contribution is -2.46. The Morgan fingerprint density at radius 2 is 1.81 bits per heavy atom. The van der Waals surface area contributed by atoms with Crippen molar-refractivity contribution in [3.63, 3.8) is 0 Å². The van der Waals surface area contributed by atoms with Crippen molar-refractivity contribution in [2.24, 2.45) is 0 Å². The average Bonchev–Trinajstić information content (AvgIpc) is 2.60. The van der Waals surface area contributed by atoms with Gasteiger partial charge in [-0.2, -0.15) is 24.9 Å². The summed E-state index contributed by atoms with van der Waals surface area (Å²) in [7, 11) is 0. The molecule has 5 nitrogen and oxygen atoms in total. The summed E-state index contributed by atoms with van der Waals surface area (Å²) in [5.74, 6) is -2.83. The first kappa shape index (κ1) is 23.0. The third-order valence-corrected chi connectivity index (χ3v) is 4.62. The molecular formula is C18H23F3N2O3S. The van der Waals surface area contributed by atoms with Crippen LogP contribution in [0.25, 0.3) is 0 Å². The van der Waals surface area contributed by atoms with E-state index in [1.54, 1.807) is 0 Å². The SMILES string of the molecule is CC(=O)N[C@@H](CCCSCC(=O)C(F)(F)F)C(=O)NCCc1ccccc1. The normalized spacial score (nSPS) is 12.3. The van der Waals surface area contributed by atoms with Crippen LogP contribution >= 0.6 is 11.8 Å². The van der Waals surface area contributed by atoms with Gasteiger partial charge in [-0.25, -0.2) is 0 Å². The first-order valence-corrected chi connectivity index (χ1v) is 9.62. The van der Waals surface area contributed by atoms with E-state index in [9.17, 15) is 27.6 Å². The second-order valence-electron chi connectivity index (χ2n) is 5.90. The van der Waals surface area contributed by atoms with Gasteiger partial charge in [0, 0.05) is 13.5 Å². The monoisotopic (exact) mass is 404 g/mol. The number of nitrogens with one attached hydrogen (secondary N) is 2. The Morgan fingerprint density at radius 1 is 1.15 bits per heavy atom. The zero-order valence-electron chi connectivity index (χ0n) is 15.0. The molecule has 0 spiro atoms. The minimum Gasteiger partial charge on any atom is -0.354 e. The van der Waals surface area contributed by atoms with Crippen LogP contribution in [0.1, 0.15) is 25.3 Å². The molecule has 0 aliphatic heterocycles. The predicted octanol–water partition coefficient (Wildman–Crippen LogP) is 2.49. The number of amides is 2.